The highest BCUT2D eigenvalue weighted by molar-refractivity contribution is 7.16. The molecule has 3 heterocycles. The fraction of sp³-hybridized carbons (Fsp3) is 0.364. The molecule has 3 rings (SSSR count). The Hall–Kier alpha value is -1.40. The maximum absolute atomic E-state index is 11.1. The van der Waals surface area contributed by atoms with Crippen LogP contribution in [-0.4, -0.2) is 28.5 Å². The number of fused-ring (bicyclic) bond motifs is 1. The number of carbonyl (C=O) groups excluding carboxylic acids is 1. The summed E-state index contributed by atoms with van der Waals surface area (Å²) < 4.78 is 0. The van der Waals surface area contributed by atoms with Gasteiger partial charge in [0.05, 0.1) is 5.39 Å². The molecule has 2 aromatic heterocycles. The first kappa shape index (κ1) is 11.7. The number of aromatic nitrogens is 2. The van der Waals surface area contributed by atoms with Crippen molar-refractivity contribution >= 4 is 44.9 Å². The molecule has 94 valence electrons. The topological polar surface area (TPSA) is 66.9 Å². The van der Waals surface area contributed by atoms with E-state index in [1.54, 1.807) is 0 Å². The Morgan fingerprint density at radius 1 is 1.56 bits per heavy atom. The molecule has 0 radical (unpaired) electrons. The molecule has 0 saturated carbocycles. The van der Waals surface area contributed by atoms with E-state index in [0.717, 1.165) is 22.5 Å². The minimum Gasteiger partial charge on any atom is -0.367 e. The first-order valence-electron chi connectivity index (χ1n) is 5.66. The number of hydrogen-bond donors (Lipinski definition) is 2. The molecule has 18 heavy (non-hydrogen) atoms. The summed E-state index contributed by atoms with van der Waals surface area (Å²) in [6.45, 7) is 0.657. The number of hydrogen-bond acceptors (Lipinski definition) is 5. The lowest BCUT2D eigenvalue weighted by atomic mass is 10.2. The Morgan fingerprint density at radius 2 is 2.44 bits per heavy atom. The van der Waals surface area contributed by atoms with E-state index in [1.165, 1.54) is 11.3 Å². The van der Waals surface area contributed by atoms with Crippen molar-refractivity contribution in [1.29, 1.82) is 0 Å². The van der Waals surface area contributed by atoms with Crippen LogP contribution in [0, 0.1) is 0 Å². The number of carbonyl (C=O) groups is 1. The molecule has 1 aliphatic rings. The van der Waals surface area contributed by atoms with E-state index < -0.39 is 0 Å². The van der Waals surface area contributed by atoms with E-state index in [0.29, 0.717) is 13.0 Å². The van der Waals surface area contributed by atoms with Crippen LogP contribution in [0.25, 0.3) is 10.2 Å². The highest BCUT2D eigenvalue weighted by Crippen LogP contribution is 2.26. The second-order valence-corrected chi connectivity index (χ2v) is 5.40. The number of halogens is 1. The van der Waals surface area contributed by atoms with Gasteiger partial charge >= 0.3 is 0 Å². The SMILES string of the molecule is O=C1CCC(CNc2nc(Cl)nc3sccc23)N1. The van der Waals surface area contributed by atoms with Crippen LogP contribution in [-0.2, 0) is 4.79 Å². The van der Waals surface area contributed by atoms with Crippen LogP contribution in [0.3, 0.4) is 0 Å². The third-order valence-corrected chi connectivity index (χ3v) is 3.87. The van der Waals surface area contributed by atoms with E-state index in [2.05, 4.69) is 20.6 Å². The number of thiophene rings is 1. The fourth-order valence-electron chi connectivity index (χ4n) is 2.01. The molecule has 2 N–H and O–H groups in total. The summed E-state index contributed by atoms with van der Waals surface area (Å²) in [5.74, 6) is 0.843. The predicted molar refractivity (Wildman–Crippen MR) is 72.1 cm³/mol. The van der Waals surface area contributed by atoms with Crippen molar-refractivity contribution in [1.82, 2.24) is 15.3 Å². The number of rotatable bonds is 3. The number of amides is 1. The average Bonchev–Trinajstić information content (AvgIpc) is 2.94. The van der Waals surface area contributed by atoms with Gasteiger partial charge in [-0.15, -0.1) is 11.3 Å². The first-order chi connectivity index (χ1) is 8.72. The molecule has 1 atom stereocenters. The highest BCUT2D eigenvalue weighted by Gasteiger charge is 2.20. The summed E-state index contributed by atoms with van der Waals surface area (Å²) in [7, 11) is 0. The van der Waals surface area contributed by atoms with Gasteiger partial charge in [-0.25, -0.2) is 9.97 Å². The molecule has 1 fully saturated rings. The summed E-state index contributed by atoms with van der Waals surface area (Å²) in [5, 5.41) is 9.30. The second kappa shape index (κ2) is 4.70. The molecule has 1 amide bonds. The monoisotopic (exact) mass is 282 g/mol. The Labute approximate surface area is 113 Å². The molecular formula is C11H11ClN4OS. The van der Waals surface area contributed by atoms with Gasteiger partial charge in [0.25, 0.3) is 0 Å². The van der Waals surface area contributed by atoms with Crippen LogP contribution in [0.1, 0.15) is 12.8 Å². The van der Waals surface area contributed by atoms with Crippen LogP contribution in [0.2, 0.25) is 5.28 Å². The molecule has 1 saturated heterocycles. The third kappa shape index (κ3) is 2.26. The van der Waals surface area contributed by atoms with Gasteiger partial charge in [0, 0.05) is 19.0 Å². The molecule has 0 aliphatic carbocycles. The van der Waals surface area contributed by atoms with Gasteiger partial charge in [-0.1, -0.05) is 0 Å². The van der Waals surface area contributed by atoms with Gasteiger partial charge in [0.1, 0.15) is 10.6 Å². The maximum Gasteiger partial charge on any atom is 0.225 e. The standard InChI is InChI=1S/C11H11ClN4OS/c12-11-15-9(7-3-4-18-10(7)16-11)13-5-6-1-2-8(17)14-6/h3-4,6H,1-2,5H2,(H,14,17)(H,13,15,16). The van der Waals surface area contributed by atoms with Gasteiger partial charge < -0.3 is 10.6 Å². The normalized spacial score (nSPS) is 19.2. The molecule has 0 bridgehead atoms. The zero-order chi connectivity index (χ0) is 12.5. The van der Waals surface area contributed by atoms with E-state index in [1.807, 2.05) is 11.4 Å². The van der Waals surface area contributed by atoms with E-state index >= 15 is 0 Å². The van der Waals surface area contributed by atoms with Crippen molar-refractivity contribution in [2.24, 2.45) is 0 Å². The summed E-state index contributed by atoms with van der Waals surface area (Å²) in [6, 6.07) is 2.13. The summed E-state index contributed by atoms with van der Waals surface area (Å²) in [5.41, 5.74) is 0. The van der Waals surface area contributed by atoms with Gasteiger partial charge in [0.15, 0.2) is 0 Å². The smallest absolute Gasteiger partial charge is 0.225 e. The molecule has 0 aromatic carbocycles. The van der Waals surface area contributed by atoms with Crippen LogP contribution in [0.15, 0.2) is 11.4 Å². The van der Waals surface area contributed by atoms with Crippen molar-refractivity contribution in [2.45, 2.75) is 18.9 Å². The zero-order valence-corrected chi connectivity index (χ0v) is 11.0. The van der Waals surface area contributed by atoms with Crippen LogP contribution >= 0.6 is 22.9 Å². The highest BCUT2D eigenvalue weighted by atomic mass is 35.5. The summed E-state index contributed by atoms with van der Waals surface area (Å²) in [6.07, 6.45) is 1.46. The van der Waals surface area contributed by atoms with Crippen molar-refractivity contribution in [3.63, 3.8) is 0 Å². The number of nitrogens with zero attached hydrogens (tertiary/aromatic N) is 2. The second-order valence-electron chi connectivity index (χ2n) is 4.16. The van der Waals surface area contributed by atoms with Crippen molar-refractivity contribution < 1.29 is 4.79 Å². The lowest BCUT2D eigenvalue weighted by Crippen LogP contribution is -2.32. The molecule has 0 spiro atoms. The summed E-state index contributed by atoms with van der Waals surface area (Å²) >= 11 is 7.40. The Balaban J connectivity index is 1.77. The quantitative estimate of drug-likeness (QED) is 0.846. The molecular weight excluding hydrogens is 272 g/mol. The van der Waals surface area contributed by atoms with E-state index in [4.69, 9.17) is 11.6 Å². The van der Waals surface area contributed by atoms with Crippen LogP contribution in [0.5, 0.6) is 0 Å². The maximum atomic E-state index is 11.1. The molecule has 5 nitrogen and oxygen atoms in total. The van der Waals surface area contributed by atoms with Gasteiger partial charge in [-0.3, -0.25) is 4.79 Å². The molecule has 1 unspecified atom stereocenters. The van der Waals surface area contributed by atoms with Gasteiger partial charge in [0.2, 0.25) is 11.2 Å². The average molecular weight is 283 g/mol. The summed E-state index contributed by atoms with van der Waals surface area (Å²) in [4.78, 5) is 20.3. The zero-order valence-electron chi connectivity index (χ0n) is 9.44. The first-order valence-corrected chi connectivity index (χ1v) is 6.92. The van der Waals surface area contributed by atoms with Crippen molar-refractivity contribution in [3.8, 4) is 0 Å². The lowest BCUT2D eigenvalue weighted by molar-refractivity contribution is -0.119. The van der Waals surface area contributed by atoms with Gasteiger partial charge in [-0.05, 0) is 29.5 Å². The Morgan fingerprint density at radius 3 is 3.22 bits per heavy atom. The predicted octanol–water partition coefficient (Wildman–Crippen LogP) is 2.04. The minimum atomic E-state index is 0.114. The van der Waals surface area contributed by atoms with Crippen molar-refractivity contribution in [3.05, 3.63) is 16.7 Å². The van der Waals surface area contributed by atoms with Crippen LogP contribution < -0.4 is 10.6 Å². The van der Waals surface area contributed by atoms with Crippen molar-refractivity contribution in [2.75, 3.05) is 11.9 Å². The minimum absolute atomic E-state index is 0.114. The number of nitrogens with one attached hydrogen (secondary N) is 2. The van der Waals surface area contributed by atoms with E-state index in [9.17, 15) is 4.79 Å². The lowest BCUT2D eigenvalue weighted by Gasteiger charge is -2.12. The Kier molecular flexibility index (Phi) is 3.05. The molecule has 7 heteroatoms. The Bertz CT molecular complexity index is 600. The molecule has 2 aromatic rings. The largest absolute Gasteiger partial charge is 0.367 e. The third-order valence-electron chi connectivity index (χ3n) is 2.90. The van der Waals surface area contributed by atoms with Gasteiger partial charge in [-0.2, -0.15) is 0 Å². The van der Waals surface area contributed by atoms with Crippen LogP contribution in [0.4, 0.5) is 5.82 Å². The number of anilines is 1. The fourth-order valence-corrected chi connectivity index (χ4v) is 3.00. The molecule has 1 aliphatic heterocycles. The van der Waals surface area contributed by atoms with E-state index in [-0.39, 0.29) is 17.2 Å².